The number of sulfone groups is 1. The van der Waals surface area contributed by atoms with Crippen LogP contribution in [0, 0.1) is 11.3 Å². The average molecular weight is 271 g/mol. The zero-order valence-corrected chi connectivity index (χ0v) is 11.5. The van der Waals surface area contributed by atoms with Crippen molar-refractivity contribution in [2.75, 3.05) is 23.1 Å². The number of nitrogens with one attached hydrogen (secondary N) is 1. The first-order valence-electron chi connectivity index (χ1n) is 5.45. The van der Waals surface area contributed by atoms with Gasteiger partial charge in [0.15, 0.2) is 5.82 Å². The summed E-state index contributed by atoms with van der Waals surface area (Å²) in [7, 11) is -3.09. The van der Waals surface area contributed by atoms with Gasteiger partial charge in [-0.1, -0.05) is 0 Å². The van der Waals surface area contributed by atoms with Crippen molar-refractivity contribution in [2.24, 2.45) is 0 Å². The van der Waals surface area contributed by atoms with E-state index in [1.807, 2.05) is 19.9 Å². The first-order chi connectivity index (χ1) is 8.24. The quantitative estimate of drug-likeness (QED) is 0.790. The van der Waals surface area contributed by atoms with Gasteiger partial charge in [0.2, 0.25) is 0 Å². The molecule has 1 aromatic heterocycles. The molecular weight excluding hydrogens is 254 g/mol. The van der Waals surface area contributed by atoms with Crippen LogP contribution in [0.25, 0.3) is 0 Å². The van der Waals surface area contributed by atoms with Gasteiger partial charge in [-0.05, 0) is 13.8 Å². The Morgan fingerprint density at radius 2 is 2.17 bits per heavy atom. The van der Waals surface area contributed by atoms with Crippen LogP contribution in [-0.2, 0) is 16.4 Å². The average Bonchev–Trinajstić information content (AvgIpc) is 2.50. The lowest BCUT2D eigenvalue weighted by molar-refractivity contribution is 0.588. The van der Waals surface area contributed by atoms with Gasteiger partial charge in [0.05, 0.1) is 12.3 Å². The Kier molecular flexibility index (Phi) is 4.19. The second-order valence-corrected chi connectivity index (χ2v) is 6.63. The molecule has 0 saturated carbocycles. The van der Waals surface area contributed by atoms with Crippen molar-refractivity contribution >= 4 is 21.5 Å². The molecule has 0 aromatic carbocycles. The minimum Gasteiger partial charge on any atom is -0.383 e. The number of anilines is 2. The number of aromatic nitrogens is 2. The van der Waals surface area contributed by atoms with Crippen LogP contribution >= 0.6 is 0 Å². The lowest BCUT2D eigenvalue weighted by Crippen LogP contribution is -2.15. The molecule has 0 unspecified atom stereocenters. The Hall–Kier alpha value is -1.75. The number of rotatable bonds is 5. The predicted octanol–water partition coefficient (Wildman–Crippen LogP) is 0.202. The first-order valence-corrected chi connectivity index (χ1v) is 7.51. The number of nitrogens with zero attached hydrogens (tertiary/aromatic N) is 3. The Balaban J connectivity index is 3.01. The fraction of sp³-hybridized carbons (Fsp3) is 0.600. The maximum Gasteiger partial charge on any atom is 0.168 e. The summed E-state index contributed by atoms with van der Waals surface area (Å²) < 4.78 is 23.5. The number of nitrogens with two attached hydrogens (primary N) is 1. The molecule has 7 nitrogen and oxygen atoms in total. The number of aryl methyl sites for hydroxylation is 1. The first kappa shape index (κ1) is 14.3. The monoisotopic (exact) mass is 271 g/mol. The molecule has 0 atom stereocenters. The molecule has 1 rings (SSSR count). The van der Waals surface area contributed by atoms with Gasteiger partial charge in [-0.2, -0.15) is 10.4 Å². The minimum atomic E-state index is -3.09. The van der Waals surface area contributed by atoms with Crippen molar-refractivity contribution in [2.45, 2.75) is 26.4 Å². The van der Waals surface area contributed by atoms with Gasteiger partial charge in [-0.3, -0.25) is 0 Å². The van der Waals surface area contributed by atoms with Crippen LogP contribution in [0.3, 0.4) is 0 Å². The molecule has 0 aliphatic carbocycles. The summed E-state index contributed by atoms with van der Waals surface area (Å²) in [6.07, 6.45) is 1.14. The van der Waals surface area contributed by atoms with E-state index < -0.39 is 9.84 Å². The SMILES string of the molecule is CC(C)Nc1nn(CCS(C)(=O)=O)c(N)c1C#N. The van der Waals surface area contributed by atoms with E-state index in [2.05, 4.69) is 10.4 Å². The molecule has 1 aromatic rings. The number of nitriles is 1. The Morgan fingerprint density at radius 3 is 2.61 bits per heavy atom. The van der Waals surface area contributed by atoms with Crippen molar-refractivity contribution in [3.63, 3.8) is 0 Å². The molecule has 0 fully saturated rings. The summed E-state index contributed by atoms with van der Waals surface area (Å²) >= 11 is 0. The Labute approximate surface area is 107 Å². The van der Waals surface area contributed by atoms with Gasteiger partial charge in [0, 0.05) is 12.3 Å². The fourth-order valence-corrected chi connectivity index (χ4v) is 1.89. The molecule has 8 heteroatoms. The second-order valence-electron chi connectivity index (χ2n) is 4.37. The zero-order valence-electron chi connectivity index (χ0n) is 10.6. The summed E-state index contributed by atoms with van der Waals surface area (Å²) in [5.74, 6) is 0.507. The highest BCUT2D eigenvalue weighted by Gasteiger charge is 2.16. The molecule has 100 valence electrons. The summed E-state index contributed by atoms with van der Waals surface area (Å²) in [5.41, 5.74) is 6.01. The van der Waals surface area contributed by atoms with Crippen LogP contribution in [-0.4, -0.2) is 36.2 Å². The summed E-state index contributed by atoms with van der Waals surface area (Å²) in [6, 6.07) is 2.07. The number of nitrogen functional groups attached to an aromatic ring is 1. The van der Waals surface area contributed by atoms with E-state index in [9.17, 15) is 8.42 Å². The van der Waals surface area contributed by atoms with Gasteiger partial charge in [-0.25, -0.2) is 13.1 Å². The largest absolute Gasteiger partial charge is 0.383 e. The molecule has 18 heavy (non-hydrogen) atoms. The zero-order chi connectivity index (χ0) is 13.9. The topological polar surface area (TPSA) is 114 Å². The third-order valence-electron chi connectivity index (χ3n) is 2.20. The molecule has 1 heterocycles. The van der Waals surface area contributed by atoms with E-state index in [-0.39, 0.29) is 29.7 Å². The van der Waals surface area contributed by atoms with Gasteiger partial charge in [0.1, 0.15) is 27.3 Å². The normalized spacial score (nSPS) is 11.5. The molecule has 0 aliphatic rings. The molecule has 0 aliphatic heterocycles. The van der Waals surface area contributed by atoms with Crippen LogP contribution in [0.15, 0.2) is 0 Å². The summed E-state index contributed by atoms with van der Waals surface area (Å²) in [6.45, 7) is 3.96. The number of hydrogen-bond acceptors (Lipinski definition) is 6. The highest BCUT2D eigenvalue weighted by molar-refractivity contribution is 7.90. The van der Waals surface area contributed by atoms with E-state index >= 15 is 0 Å². The highest BCUT2D eigenvalue weighted by atomic mass is 32.2. The minimum absolute atomic E-state index is 0.0646. The fourth-order valence-electron chi connectivity index (χ4n) is 1.38. The van der Waals surface area contributed by atoms with Crippen LogP contribution in [0.4, 0.5) is 11.6 Å². The van der Waals surface area contributed by atoms with Crippen molar-refractivity contribution < 1.29 is 8.42 Å². The van der Waals surface area contributed by atoms with Crippen molar-refractivity contribution in [1.29, 1.82) is 5.26 Å². The van der Waals surface area contributed by atoms with E-state index in [0.29, 0.717) is 5.82 Å². The highest BCUT2D eigenvalue weighted by Crippen LogP contribution is 2.21. The second kappa shape index (κ2) is 5.27. The number of hydrogen-bond donors (Lipinski definition) is 2. The van der Waals surface area contributed by atoms with Gasteiger partial charge < -0.3 is 11.1 Å². The molecular formula is C10H17N5O2S. The van der Waals surface area contributed by atoms with E-state index in [1.54, 1.807) is 0 Å². The van der Waals surface area contributed by atoms with Crippen LogP contribution in [0.1, 0.15) is 19.4 Å². The molecule has 3 N–H and O–H groups in total. The van der Waals surface area contributed by atoms with Crippen LogP contribution in [0.2, 0.25) is 0 Å². The van der Waals surface area contributed by atoms with Gasteiger partial charge in [-0.15, -0.1) is 0 Å². The summed E-state index contributed by atoms with van der Waals surface area (Å²) in [4.78, 5) is 0. The third kappa shape index (κ3) is 3.63. The van der Waals surface area contributed by atoms with E-state index in [4.69, 9.17) is 11.0 Å². The Bertz CT molecular complexity index is 568. The van der Waals surface area contributed by atoms with Crippen LogP contribution in [0.5, 0.6) is 0 Å². The van der Waals surface area contributed by atoms with Gasteiger partial charge in [0.25, 0.3) is 0 Å². The van der Waals surface area contributed by atoms with E-state index in [1.165, 1.54) is 4.68 Å². The maximum atomic E-state index is 11.1. The smallest absolute Gasteiger partial charge is 0.168 e. The molecule has 0 saturated heterocycles. The van der Waals surface area contributed by atoms with Crippen LogP contribution < -0.4 is 11.1 Å². The molecule has 0 amide bonds. The van der Waals surface area contributed by atoms with Crippen molar-refractivity contribution in [3.8, 4) is 6.07 Å². The molecule has 0 radical (unpaired) electrons. The summed E-state index contributed by atoms with van der Waals surface area (Å²) in [5, 5.41) is 16.1. The van der Waals surface area contributed by atoms with Crippen molar-refractivity contribution in [1.82, 2.24) is 9.78 Å². The predicted molar refractivity (Wildman–Crippen MR) is 69.8 cm³/mol. The third-order valence-corrected chi connectivity index (χ3v) is 3.13. The Morgan fingerprint density at radius 1 is 1.56 bits per heavy atom. The van der Waals surface area contributed by atoms with Crippen molar-refractivity contribution in [3.05, 3.63) is 5.56 Å². The lowest BCUT2D eigenvalue weighted by Gasteiger charge is -2.05. The molecule has 0 bridgehead atoms. The lowest BCUT2D eigenvalue weighted by atomic mass is 10.3. The molecule has 0 spiro atoms. The maximum absolute atomic E-state index is 11.1. The van der Waals surface area contributed by atoms with Gasteiger partial charge >= 0.3 is 0 Å². The standard InChI is InChI=1S/C10H17N5O2S/c1-7(2)13-10-8(6-11)9(12)15(14-10)4-5-18(3,16)17/h7H,4-5,12H2,1-3H3,(H,13,14). The van der Waals surface area contributed by atoms with E-state index in [0.717, 1.165) is 6.26 Å².